The van der Waals surface area contributed by atoms with Crippen molar-refractivity contribution < 1.29 is 0 Å². The molecule has 0 aromatic heterocycles. The molecule has 3 aliphatic rings. The summed E-state index contributed by atoms with van der Waals surface area (Å²) < 4.78 is 0. The van der Waals surface area contributed by atoms with Crippen molar-refractivity contribution in [1.29, 1.82) is 0 Å². The van der Waals surface area contributed by atoms with Gasteiger partial charge in [0.1, 0.15) is 0 Å². The summed E-state index contributed by atoms with van der Waals surface area (Å²) in [4.78, 5) is 2.83. The highest BCUT2D eigenvalue weighted by Gasteiger charge is 2.45. The highest BCUT2D eigenvalue weighted by atomic mass is 15.2. The molecule has 1 saturated heterocycles. The van der Waals surface area contributed by atoms with Gasteiger partial charge in [0.25, 0.3) is 0 Å². The van der Waals surface area contributed by atoms with Crippen LogP contribution in [0.25, 0.3) is 0 Å². The summed E-state index contributed by atoms with van der Waals surface area (Å²) in [6, 6.07) is 2.36. The van der Waals surface area contributed by atoms with Crippen molar-refractivity contribution >= 4 is 0 Å². The third-order valence-corrected chi connectivity index (χ3v) is 5.45. The molecule has 2 heteroatoms. The topological polar surface area (TPSA) is 29.3 Å². The molecule has 5 unspecified atom stereocenters. The largest absolute Gasteiger partial charge is 0.329 e. The molecule has 1 aliphatic heterocycles. The SMILES string of the molecule is CC1CCCC(CN)N1C1CC2CCC1C2. The second-order valence-electron chi connectivity index (χ2n) is 6.36. The van der Waals surface area contributed by atoms with E-state index in [1.807, 2.05) is 0 Å². The quantitative estimate of drug-likeness (QED) is 0.777. The Labute approximate surface area is 99.6 Å². The van der Waals surface area contributed by atoms with Gasteiger partial charge in [-0.05, 0) is 50.9 Å². The Hall–Kier alpha value is -0.0800. The zero-order chi connectivity index (χ0) is 11.1. The van der Waals surface area contributed by atoms with E-state index in [0.717, 1.165) is 30.5 Å². The van der Waals surface area contributed by atoms with Crippen molar-refractivity contribution in [3.8, 4) is 0 Å². The third-order valence-electron chi connectivity index (χ3n) is 5.45. The number of piperidine rings is 1. The number of nitrogens with zero attached hydrogens (tertiary/aromatic N) is 1. The van der Waals surface area contributed by atoms with Crippen LogP contribution >= 0.6 is 0 Å². The maximum absolute atomic E-state index is 5.98. The molecular formula is C14H26N2. The lowest BCUT2D eigenvalue weighted by molar-refractivity contribution is 0.0248. The molecule has 0 aromatic rings. The van der Waals surface area contributed by atoms with Crippen LogP contribution in [0.4, 0.5) is 0 Å². The van der Waals surface area contributed by atoms with E-state index in [1.165, 1.54) is 44.9 Å². The molecule has 0 radical (unpaired) electrons. The Kier molecular flexibility index (Phi) is 2.97. The Morgan fingerprint density at radius 2 is 2.00 bits per heavy atom. The van der Waals surface area contributed by atoms with Crippen LogP contribution < -0.4 is 5.73 Å². The van der Waals surface area contributed by atoms with E-state index in [0.29, 0.717) is 6.04 Å². The second kappa shape index (κ2) is 4.30. The molecule has 16 heavy (non-hydrogen) atoms. The third kappa shape index (κ3) is 1.70. The van der Waals surface area contributed by atoms with Gasteiger partial charge in [-0.3, -0.25) is 4.90 Å². The summed E-state index contributed by atoms with van der Waals surface area (Å²) in [5.41, 5.74) is 5.98. The lowest BCUT2D eigenvalue weighted by Crippen LogP contribution is -2.55. The number of rotatable bonds is 2. The second-order valence-corrected chi connectivity index (χ2v) is 6.36. The van der Waals surface area contributed by atoms with Gasteiger partial charge in [0.05, 0.1) is 0 Å². The van der Waals surface area contributed by atoms with Gasteiger partial charge >= 0.3 is 0 Å². The van der Waals surface area contributed by atoms with Gasteiger partial charge in [0.15, 0.2) is 0 Å². The highest BCUT2D eigenvalue weighted by molar-refractivity contribution is 4.99. The van der Waals surface area contributed by atoms with Crippen molar-refractivity contribution in [1.82, 2.24) is 4.90 Å². The van der Waals surface area contributed by atoms with E-state index in [9.17, 15) is 0 Å². The van der Waals surface area contributed by atoms with Gasteiger partial charge in [-0.15, -0.1) is 0 Å². The molecule has 3 rings (SSSR count). The van der Waals surface area contributed by atoms with Crippen molar-refractivity contribution in [2.45, 2.75) is 70.0 Å². The normalized spacial score (nSPS) is 48.8. The summed E-state index contributed by atoms with van der Waals surface area (Å²) in [6.45, 7) is 3.30. The lowest BCUT2D eigenvalue weighted by atomic mass is 9.87. The van der Waals surface area contributed by atoms with Crippen LogP contribution in [0.2, 0.25) is 0 Å². The molecule has 0 aromatic carbocycles. The molecule has 2 nitrogen and oxygen atoms in total. The first-order valence-corrected chi connectivity index (χ1v) is 7.27. The maximum Gasteiger partial charge on any atom is 0.0224 e. The van der Waals surface area contributed by atoms with Crippen LogP contribution in [0, 0.1) is 11.8 Å². The summed E-state index contributed by atoms with van der Waals surface area (Å²) in [7, 11) is 0. The summed E-state index contributed by atoms with van der Waals surface area (Å²) in [5.74, 6) is 2.07. The van der Waals surface area contributed by atoms with Crippen LogP contribution in [0.15, 0.2) is 0 Å². The molecule has 2 bridgehead atoms. The number of nitrogens with two attached hydrogens (primary N) is 1. The van der Waals surface area contributed by atoms with Crippen LogP contribution in [0.1, 0.15) is 51.9 Å². The Morgan fingerprint density at radius 1 is 1.12 bits per heavy atom. The molecule has 5 atom stereocenters. The van der Waals surface area contributed by atoms with E-state index in [4.69, 9.17) is 5.73 Å². The molecule has 0 spiro atoms. The summed E-state index contributed by atoms with van der Waals surface area (Å²) in [6.07, 6.45) is 10.1. The standard InChI is InChI=1S/C14H26N2/c1-10-3-2-4-13(9-15)16(10)14-8-11-5-6-12(14)7-11/h10-14H,2-9,15H2,1H3. The molecular weight excluding hydrogens is 196 g/mol. The lowest BCUT2D eigenvalue weighted by Gasteiger charge is -2.46. The van der Waals surface area contributed by atoms with E-state index in [-0.39, 0.29) is 0 Å². The Balaban J connectivity index is 1.75. The smallest absolute Gasteiger partial charge is 0.0224 e. The molecule has 2 N–H and O–H groups in total. The fourth-order valence-electron chi connectivity index (χ4n) is 4.72. The first-order chi connectivity index (χ1) is 7.79. The summed E-state index contributed by atoms with van der Waals surface area (Å²) in [5, 5.41) is 0. The molecule has 0 amide bonds. The van der Waals surface area contributed by atoms with Gasteiger partial charge in [-0.2, -0.15) is 0 Å². The maximum atomic E-state index is 5.98. The molecule has 3 fully saturated rings. The van der Waals surface area contributed by atoms with Crippen molar-refractivity contribution in [2.24, 2.45) is 17.6 Å². The number of fused-ring (bicyclic) bond motifs is 2. The minimum atomic E-state index is 0.688. The number of hydrogen-bond acceptors (Lipinski definition) is 2. The van der Waals surface area contributed by atoms with Gasteiger partial charge < -0.3 is 5.73 Å². The minimum Gasteiger partial charge on any atom is -0.329 e. The summed E-state index contributed by atoms with van der Waals surface area (Å²) >= 11 is 0. The van der Waals surface area contributed by atoms with E-state index < -0.39 is 0 Å². The molecule has 2 aliphatic carbocycles. The van der Waals surface area contributed by atoms with E-state index in [2.05, 4.69) is 11.8 Å². The van der Waals surface area contributed by atoms with Crippen LogP contribution in [0.3, 0.4) is 0 Å². The van der Waals surface area contributed by atoms with Crippen molar-refractivity contribution in [3.05, 3.63) is 0 Å². The predicted octanol–water partition coefficient (Wildman–Crippen LogP) is 2.38. The fourth-order valence-corrected chi connectivity index (χ4v) is 4.72. The van der Waals surface area contributed by atoms with E-state index in [1.54, 1.807) is 0 Å². The first kappa shape index (κ1) is 11.0. The monoisotopic (exact) mass is 222 g/mol. The van der Waals surface area contributed by atoms with Crippen molar-refractivity contribution in [2.75, 3.05) is 6.54 Å². The first-order valence-electron chi connectivity index (χ1n) is 7.27. The fraction of sp³-hybridized carbons (Fsp3) is 1.00. The van der Waals surface area contributed by atoms with Crippen molar-refractivity contribution in [3.63, 3.8) is 0 Å². The zero-order valence-corrected chi connectivity index (χ0v) is 10.6. The molecule has 1 heterocycles. The minimum absolute atomic E-state index is 0.688. The van der Waals surface area contributed by atoms with E-state index >= 15 is 0 Å². The highest BCUT2D eigenvalue weighted by Crippen LogP contribution is 2.48. The predicted molar refractivity (Wildman–Crippen MR) is 67.2 cm³/mol. The van der Waals surface area contributed by atoms with Gasteiger partial charge in [-0.25, -0.2) is 0 Å². The van der Waals surface area contributed by atoms with Crippen LogP contribution in [-0.2, 0) is 0 Å². The van der Waals surface area contributed by atoms with Crippen LogP contribution in [0.5, 0.6) is 0 Å². The molecule has 2 saturated carbocycles. The Morgan fingerprint density at radius 3 is 2.62 bits per heavy atom. The number of hydrogen-bond donors (Lipinski definition) is 1. The number of likely N-dealkylation sites (tertiary alicyclic amines) is 1. The van der Waals surface area contributed by atoms with Crippen LogP contribution in [-0.4, -0.2) is 29.6 Å². The van der Waals surface area contributed by atoms with Gasteiger partial charge in [0, 0.05) is 24.7 Å². The van der Waals surface area contributed by atoms with Gasteiger partial charge in [0.2, 0.25) is 0 Å². The average Bonchev–Trinajstić information content (AvgIpc) is 2.90. The molecule has 92 valence electrons. The van der Waals surface area contributed by atoms with Gasteiger partial charge in [-0.1, -0.05) is 12.8 Å². The zero-order valence-electron chi connectivity index (χ0n) is 10.6. The average molecular weight is 222 g/mol. The Bertz CT molecular complexity index is 253.